The number of aromatic nitrogens is 6. The molecule has 0 aliphatic rings. The van der Waals surface area contributed by atoms with Crippen molar-refractivity contribution in [3.8, 4) is 17.1 Å². The Morgan fingerprint density at radius 1 is 1.04 bits per heavy atom. The quantitative estimate of drug-likeness (QED) is 0.560. The van der Waals surface area contributed by atoms with Crippen LogP contribution in [0, 0.1) is 18.5 Å². The molecule has 2 aromatic heterocycles. The summed E-state index contributed by atoms with van der Waals surface area (Å²) in [6.07, 6.45) is 1.82. The zero-order valence-corrected chi connectivity index (χ0v) is 15.4. The summed E-state index contributed by atoms with van der Waals surface area (Å²) in [5, 5.41) is 16.0. The Hall–Kier alpha value is -3.06. The van der Waals surface area contributed by atoms with Crippen LogP contribution in [-0.2, 0) is 6.54 Å². The molecule has 0 aliphatic heterocycles. The molecule has 0 radical (unpaired) electrons. The monoisotopic (exact) mass is 362 g/mol. The first-order chi connectivity index (χ1) is 12.6. The molecular weight excluding hydrogens is 344 g/mol. The summed E-state index contributed by atoms with van der Waals surface area (Å²) >= 11 is 5.63. The molecule has 0 saturated heterocycles. The lowest BCUT2D eigenvalue weighted by atomic mass is 10.1. The highest BCUT2D eigenvalue weighted by molar-refractivity contribution is 7.71. The Bertz CT molecular complexity index is 1090. The molecule has 0 saturated carbocycles. The van der Waals surface area contributed by atoms with Gasteiger partial charge in [0.25, 0.3) is 0 Å². The van der Waals surface area contributed by atoms with E-state index in [-0.39, 0.29) is 0 Å². The van der Waals surface area contributed by atoms with Gasteiger partial charge in [0.2, 0.25) is 5.82 Å². The summed E-state index contributed by atoms with van der Waals surface area (Å²) in [6, 6.07) is 16.3. The van der Waals surface area contributed by atoms with Crippen molar-refractivity contribution >= 4 is 12.2 Å². The van der Waals surface area contributed by atoms with Crippen LogP contribution >= 0.6 is 12.2 Å². The number of hydrogen-bond acceptors (Lipinski definition) is 4. The fourth-order valence-electron chi connectivity index (χ4n) is 2.97. The van der Waals surface area contributed by atoms with Gasteiger partial charge in [0.05, 0.1) is 17.8 Å². The smallest absolute Gasteiger partial charge is 0.209 e. The second kappa shape index (κ2) is 6.68. The minimum atomic E-state index is 0.519. The van der Waals surface area contributed by atoms with E-state index in [1.165, 1.54) is 11.1 Å². The van der Waals surface area contributed by atoms with Crippen LogP contribution in [-0.4, -0.2) is 30.0 Å². The van der Waals surface area contributed by atoms with Crippen molar-refractivity contribution in [2.45, 2.75) is 20.4 Å². The number of tetrazole rings is 1. The molecule has 4 aromatic rings. The Morgan fingerprint density at radius 2 is 1.77 bits per heavy atom. The molecule has 0 fully saturated rings. The van der Waals surface area contributed by atoms with E-state index in [0.717, 1.165) is 16.8 Å². The second-order valence-corrected chi connectivity index (χ2v) is 6.69. The first-order valence-electron chi connectivity index (χ1n) is 8.31. The Labute approximate surface area is 156 Å². The van der Waals surface area contributed by atoms with Gasteiger partial charge in [-0.25, -0.2) is 4.68 Å². The van der Waals surface area contributed by atoms with Crippen molar-refractivity contribution in [3.63, 3.8) is 0 Å². The lowest BCUT2D eigenvalue weighted by Crippen LogP contribution is -2.03. The highest BCUT2D eigenvalue weighted by Gasteiger charge is 2.13. The summed E-state index contributed by atoms with van der Waals surface area (Å²) in [4.78, 5) is 1.58. The van der Waals surface area contributed by atoms with Gasteiger partial charge in [-0.2, -0.15) is 4.80 Å². The summed E-state index contributed by atoms with van der Waals surface area (Å²) in [5.74, 6) is 0.519. The first kappa shape index (κ1) is 16.4. The van der Waals surface area contributed by atoms with Gasteiger partial charge in [0, 0.05) is 6.20 Å². The highest BCUT2D eigenvalue weighted by Crippen LogP contribution is 2.20. The summed E-state index contributed by atoms with van der Waals surface area (Å²) in [5.41, 5.74) is 5.25. The van der Waals surface area contributed by atoms with Crippen LogP contribution in [0.2, 0.25) is 0 Å². The van der Waals surface area contributed by atoms with Crippen molar-refractivity contribution in [3.05, 3.63) is 76.1 Å². The fourth-order valence-corrected chi connectivity index (χ4v) is 3.27. The highest BCUT2D eigenvalue weighted by atomic mass is 32.1. The third-order valence-electron chi connectivity index (χ3n) is 4.10. The van der Waals surface area contributed by atoms with Crippen LogP contribution in [0.25, 0.3) is 17.1 Å². The van der Waals surface area contributed by atoms with Crippen LogP contribution in [0.5, 0.6) is 0 Å². The number of aromatic amines is 1. The zero-order valence-electron chi connectivity index (χ0n) is 14.5. The number of rotatable bonds is 4. The fraction of sp³-hybridized carbons (Fsp3) is 0.158. The molecule has 0 spiro atoms. The maximum atomic E-state index is 5.63. The van der Waals surface area contributed by atoms with Gasteiger partial charge < -0.3 is 0 Å². The molecule has 4 rings (SSSR count). The van der Waals surface area contributed by atoms with Crippen LogP contribution in [0.15, 0.2) is 54.7 Å². The topological polar surface area (TPSA) is 64.3 Å². The van der Waals surface area contributed by atoms with Gasteiger partial charge in [-0.1, -0.05) is 48.6 Å². The number of benzene rings is 2. The standard InChI is InChI=1S/C19H18N6S/c1-13-8-14(2)10-16(9-13)25-19(26)17(11-20-25)18-21-23-24(22-18)12-15-6-4-3-5-7-15/h3-11,20H,12H2,1-2H3. The minimum Gasteiger partial charge on any atom is -0.299 e. The third-order valence-corrected chi connectivity index (χ3v) is 4.50. The van der Waals surface area contributed by atoms with Crippen LogP contribution in [0.4, 0.5) is 0 Å². The largest absolute Gasteiger partial charge is 0.299 e. The second-order valence-electron chi connectivity index (χ2n) is 6.30. The summed E-state index contributed by atoms with van der Waals surface area (Å²) in [6.45, 7) is 4.71. The van der Waals surface area contributed by atoms with Crippen molar-refractivity contribution in [2.24, 2.45) is 0 Å². The number of nitrogens with zero attached hydrogens (tertiary/aromatic N) is 5. The van der Waals surface area contributed by atoms with Crippen molar-refractivity contribution < 1.29 is 0 Å². The number of hydrogen-bond donors (Lipinski definition) is 1. The Morgan fingerprint density at radius 3 is 2.50 bits per heavy atom. The van der Waals surface area contributed by atoms with Gasteiger partial charge >= 0.3 is 0 Å². The van der Waals surface area contributed by atoms with E-state index >= 15 is 0 Å². The average Bonchev–Trinajstić information content (AvgIpc) is 3.21. The van der Waals surface area contributed by atoms with Crippen molar-refractivity contribution in [2.75, 3.05) is 0 Å². The van der Waals surface area contributed by atoms with Crippen molar-refractivity contribution in [1.82, 2.24) is 30.0 Å². The SMILES string of the molecule is Cc1cc(C)cc(-n2[nH]cc(-c3nnn(Cc4ccccc4)n3)c2=S)c1. The summed E-state index contributed by atoms with van der Waals surface area (Å²) in [7, 11) is 0. The molecule has 0 aliphatic carbocycles. The normalized spacial score (nSPS) is 11.0. The molecule has 6 nitrogen and oxygen atoms in total. The van der Waals surface area contributed by atoms with Gasteiger partial charge in [-0.3, -0.25) is 5.10 Å². The van der Waals surface area contributed by atoms with E-state index in [9.17, 15) is 0 Å². The van der Waals surface area contributed by atoms with E-state index < -0.39 is 0 Å². The summed E-state index contributed by atoms with van der Waals surface area (Å²) < 4.78 is 2.50. The molecule has 7 heteroatoms. The molecule has 0 amide bonds. The maximum absolute atomic E-state index is 5.63. The van der Waals surface area contributed by atoms with Gasteiger partial charge in [0.1, 0.15) is 4.64 Å². The van der Waals surface area contributed by atoms with E-state index in [4.69, 9.17) is 12.2 Å². The third kappa shape index (κ3) is 3.21. The van der Waals surface area contributed by atoms with Gasteiger partial charge in [-0.05, 0) is 47.9 Å². The number of nitrogens with one attached hydrogen (secondary N) is 1. The number of H-pyrrole nitrogens is 1. The molecule has 0 unspecified atom stereocenters. The van der Waals surface area contributed by atoms with Crippen molar-refractivity contribution in [1.29, 1.82) is 0 Å². The van der Waals surface area contributed by atoms with Crippen LogP contribution in [0.1, 0.15) is 16.7 Å². The first-order valence-corrected chi connectivity index (χ1v) is 8.72. The predicted molar refractivity (Wildman–Crippen MR) is 103 cm³/mol. The van der Waals surface area contributed by atoms with Gasteiger partial charge in [-0.15, -0.1) is 10.2 Å². The van der Waals surface area contributed by atoms with E-state index in [0.29, 0.717) is 17.0 Å². The van der Waals surface area contributed by atoms with E-state index in [2.05, 4.69) is 52.6 Å². The molecule has 0 atom stereocenters. The Balaban J connectivity index is 1.66. The minimum absolute atomic E-state index is 0.519. The van der Waals surface area contributed by atoms with Gasteiger partial charge in [0.15, 0.2) is 0 Å². The number of aryl methyl sites for hydroxylation is 2. The molecule has 26 heavy (non-hydrogen) atoms. The van der Waals surface area contributed by atoms with E-state index in [1.807, 2.05) is 41.2 Å². The van der Waals surface area contributed by atoms with Crippen LogP contribution < -0.4 is 0 Å². The lowest BCUT2D eigenvalue weighted by molar-refractivity contribution is 0.573. The molecule has 130 valence electrons. The maximum Gasteiger partial charge on any atom is 0.209 e. The van der Waals surface area contributed by atoms with E-state index in [1.54, 1.807) is 4.80 Å². The molecular formula is C19H18N6S. The average molecular weight is 362 g/mol. The molecule has 2 aromatic carbocycles. The predicted octanol–water partition coefficient (Wildman–Crippen LogP) is 3.85. The zero-order chi connectivity index (χ0) is 18.1. The lowest BCUT2D eigenvalue weighted by Gasteiger charge is -2.05. The molecule has 1 N–H and O–H groups in total. The van der Waals surface area contributed by atoms with Crippen LogP contribution in [0.3, 0.4) is 0 Å². The Kier molecular flexibility index (Phi) is 4.22. The molecule has 2 heterocycles. The molecule has 0 bridgehead atoms.